The summed E-state index contributed by atoms with van der Waals surface area (Å²) in [6.07, 6.45) is 4.63. The van der Waals surface area contributed by atoms with Crippen LogP contribution >= 0.6 is 23.1 Å². The van der Waals surface area contributed by atoms with Crippen LogP contribution in [0, 0.1) is 18.3 Å². The van der Waals surface area contributed by atoms with Crippen LogP contribution < -0.4 is 5.32 Å². The van der Waals surface area contributed by atoms with E-state index in [1.807, 2.05) is 6.92 Å². The molecule has 2 aromatic heterocycles. The zero-order chi connectivity index (χ0) is 18.8. The molecule has 27 heavy (non-hydrogen) atoms. The fourth-order valence-corrected chi connectivity index (χ4v) is 5.60. The van der Waals surface area contributed by atoms with Gasteiger partial charge in [-0.25, -0.2) is 9.97 Å². The number of amides is 1. The van der Waals surface area contributed by atoms with Gasteiger partial charge in [-0.05, 0) is 56.4 Å². The van der Waals surface area contributed by atoms with Gasteiger partial charge in [0.1, 0.15) is 15.7 Å². The lowest BCUT2D eigenvalue weighted by molar-refractivity contribution is -0.113. The number of aromatic nitrogens is 2. The Morgan fingerprint density at radius 3 is 3.04 bits per heavy atom. The van der Waals surface area contributed by atoms with Crippen molar-refractivity contribution in [3.8, 4) is 6.07 Å². The lowest BCUT2D eigenvalue weighted by atomic mass is 9.97. The Morgan fingerprint density at radius 1 is 1.33 bits per heavy atom. The number of fused-ring (bicyclic) bond motifs is 3. The maximum absolute atomic E-state index is 12.4. The number of carbonyl (C=O) groups excluding carboxylic acids is 1. The molecule has 0 unspecified atom stereocenters. The molecule has 0 saturated heterocycles. The van der Waals surface area contributed by atoms with Crippen molar-refractivity contribution in [2.45, 2.75) is 37.6 Å². The largest absolute Gasteiger partial charge is 0.325 e. The van der Waals surface area contributed by atoms with E-state index in [4.69, 9.17) is 5.26 Å². The predicted octanol–water partition coefficient (Wildman–Crippen LogP) is 4.48. The summed E-state index contributed by atoms with van der Waals surface area (Å²) in [5, 5.41) is 13.9. The fraction of sp³-hybridized carbons (Fsp3) is 0.300. The Balaban J connectivity index is 1.54. The maximum atomic E-state index is 12.4. The number of anilines is 1. The number of thiophene rings is 1. The molecule has 0 saturated carbocycles. The fourth-order valence-electron chi connectivity index (χ4n) is 3.33. The highest BCUT2D eigenvalue weighted by atomic mass is 32.2. The third-order valence-corrected chi connectivity index (χ3v) is 6.67. The molecular formula is C20H18N4OS2. The maximum Gasteiger partial charge on any atom is 0.234 e. The Hall–Kier alpha value is -2.43. The average molecular weight is 395 g/mol. The van der Waals surface area contributed by atoms with Gasteiger partial charge in [0.25, 0.3) is 0 Å². The number of benzene rings is 1. The van der Waals surface area contributed by atoms with E-state index < -0.39 is 0 Å². The second-order valence-corrected chi connectivity index (χ2v) is 8.54. The summed E-state index contributed by atoms with van der Waals surface area (Å²) in [4.78, 5) is 24.1. The quantitative estimate of drug-likeness (QED) is 0.521. The van der Waals surface area contributed by atoms with Crippen LogP contribution in [-0.4, -0.2) is 21.6 Å². The number of carbonyl (C=O) groups is 1. The molecule has 7 heteroatoms. The molecule has 1 amide bonds. The Kier molecular flexibility index (Phi) is 5.10. The summed E-state index contributed by atoms with van der Waals surface area (Å²) in [6.45, 7) is 1.90. The van der Waals surface area contributed by atoms with Gasteiger partial charge in [-0.2, -0.15) is 5.26 Å². The first-order valence-corrected chi connectivity index (χ1v) is 10.7. The molecule has 3 aromatic rings. The van der Waals surface area contributed by atoms with Crippen LogP contribution in [-0.2, 0) is 17.6 Å². The number of thioether (sulfide) groups is 1. The van der Waals surface area contributed by atoms with Crippen LogP contribution in [0.4, 0.5) is 5.69 Å². The van der Waals surface area contributed by atoms with Crippen molar-refractivity contribution < 1.29 is 4.79 Å². The third kappa shape index (κ3) is 3.82. The number of nitrogens with zero attached hydrogens (tertiary/aromatic N) is 3. The summed E-state index contributed by atoms with van der Waals surface area (Å²) in [5.41, 5.74) is 2.54. The predicted molar refractivity (Wildman–Crippen MR) is 109 cm³/mol. The highest BCUT2D eigenvalue weighted by molar-refractivity contribution is 8.00. The molecule has 0 atom stereocenters. The van der Waals surface area contributed by atoms with Crippen molar-refractivity contribution in [2.75, 3.05) is 11.1 Å². The molecule has 1 aliphatic carbocycles. The van der Waals surface area contributed by atoms with Gasteiger partial charge in [0.05, 0.1) is 17.4 Å². The van der Waals surface area contributed by atoms with E-state index in [9.17, 15) is 4.79 Å². The van der Waals surface area contributed by atoms with Crippen molar-refractivity contribution in [3.63, 3.8) is 0 Å². The Bertz CT molecular complexity index is 1070. The molecule has 0 radical (unpaired) electrons. The van der Waals surface area contributed by atoms with E-state index in [0.717, 1.165) is 33.9 Å². The topological polar surface area (TPSA) is 78.7 Å². The van der Waals surface area contributed by atoms with Crippen molar-refractivity contribution in [3.05, 3.63) is 46.1 Å². The van der Waals surface area contributed by atoms with Gasteiger partial charge in [-0.3, -0.25) is 4.79 Å². The van der Waals surface area contributed by atoms with Gasteiger partial charge in [0, 0.05) is 16.0 Å². The summed E-state index contributed by atoms with van der Waals surface area (Å²) in [7, 11) is 0. The second kappa shape index (κ2) is 7.67. The molecule has 0 spiro atoms. The molecule has 0 fully saturated rings. The van der Waals surface area contributed by atoms with Crippen molar-refractivity contribution >= 4 is 44.9 Å². The Labute approximate surface area is 165 Å². The molecule has 1 N–H and O–H groups in total. The minimum Gasteiger partial charge on any atom is -0.325 e. The number of hydrogen-bond donors (Lipinski definition) is 1. The number of rotatable bonds is 4. The summed E-state index contributed by atoms with van der Waals surface area (Å²) in [5.74, 6) is 0.904. The molecule has 2 heterocycles. The van der Waals surface area contributed by atoms with Gasteiger partial charge < -0.3 is 5.32 Å². The summed E-state index contributed by atoms with van der Waals surface area (Å²) in [6, 6.07) is 9.01. The zero-order valence-electron chi connectivity index (χ0n) is 14.9. The number of nitrogens with one attached hydrogen (secondary N) is 1. The van der Waals surface area contributed by atoms with E-state index >= 15 is 0 Å². The molecule has 1 aliphatic rings. The SMILES string of the molecule is Cc1nc(SCC(=O)Nc2cccc(C#N)c2)c2c3c(sc2n1)CCCC3. The minimum absolute atomic E-state index is 0.108. The standard InChI is InChI=1S/C20H18N4OS2/c1-12-22-19(18-15-7-2-3-8-16(15)27-20(18)23-12)26-11-17(25)24-14-6-4-5-13(9-14)10-21/h4-6,9H,2-3,7-8,11H2,1H3,(H,24,25). The van der Waals surface area contributed by atoms with E-state index in [-0.39, 0.29) is 11.7 Å². The normalized spacial score (nSPS) is 13.2. The van der Waals surface area contributed by atoms with E-state index in [2.05, 4.69) is 21.4 Å². The first-order valence-electron chi connectivity index (χ1n) is 8.86. The van der Waals surface area contributed by atoms with Crippen LogP contribution in [0.15, 0.2) is 29.3 Å². The van der Waals surface area contributed by atoms with Gasteiger partial charge in [0.15, 0.2) is 0 Å². The molecular weight excluding hydrogens is 376 g/mol. The minimum atomic E-state index is -0.108. The van der Waals surface area contributed by atoms with Crippen LogP contribution in [0.1, 0.15) is 34.7 Å². The van der Waals surface area contributed by atoms with Crippen molar-refractivity contribution in [1.82, 2.24) is 9.97 Å². The van der Waals surface area contributed by atoms with Crippen LogP contribution in [0.25, 0.3) is 10.2 Å². The summed E-state index contributed by atoms with van der Waals surface area (Å²) < 4.78 is 0. The zero-order valence-corrected chi connectivity index (χ0v) is 16.5. The number of hydrogen-bond acceptors (Lipinski definition) is 6. The smallest absolute Gasteiger partial charge is 0.234 e. The van der Waals surface area contributed by atoms with Crippen molar-refractivity contribution in [1.29, 1.82) is 5.26 Å². The van der Waals surface area contributed by atoms with Gasteiger partial charge in [-0.15, -0.1) is 11.3 Å². The van der Waals surface area contributed by atoms with E-state index in [1.54, 1.807) is 35.6 Å². The van der Waals surface area contributed by atoms with Crippen molar-refractivity contribution in [2.24, 2.45) is 0 Å². The molecule has 1 aromatic carbocycles. The lowest BCUT2D eigenvalue weighted by Crippen LogP contribution is -2.14. The van der Waals surface area contributed by atoms with Gasteiger partial charge in [0.2, 0.25) is 5.91 Å². The number of aryl methyl sites for hydroxylation is 3. The van der Waals surface area contributed by atoms with Crippen LogP contribution in [0.5, 0.6) is 0 Å². The molecule has 4 rings (SSSR count). The third-order valence-electron chi connectivity index (χ3n) is 4.51. The van der Waals surface area contributed by atoms with Gasteiger partial charge >= 0.3 is 0 Å². The average Bonchev–Trinajstić information content (AvgIpc) is 3.04. The highest BCUT2D eigenvalue weighted by Crippen LogP contribution is 2.39. The summed E-state index contributed by atoms with van der Waals surface area (Å²) >= 11 is 3.23. The second-order valence-electron chi connectivity index (χ2n) is 6.50. The molecule has 0 aliphatic heterocycles. The molecule has 136 valence electrons. The first kappa shape index (κ1) is 18.0. The highest BCUT2D eigenvalue weighted by Gasteiger charge is 2.21. The molecule has 0 bridgehead atoms. The monoisotopic (exact) mass is 394 g/mol. The van der Waals surface area contributed by atoms with E-state index in [0.29, 0.717) is 11.3 Å². The number of nitriles is 1. The van der Waals surface area contributed by atoms with Crippen LogP contribution in [0.3, 0.4) is 0 Å². The van der Waals surface area contributed by atoms with Gasteiger partial charge in [-0.1, -0.05) is 17.8 Å². The Morgan fingerprint density at radius 2 is 2.19 bits per heavy atom. The first-order chi connectivity index (χ1) is 13.1. The lowest BCUT2D eigenvalue weighted by Gasteiger charge is -2.12. The van der Waals surface area contributed by atoms with E-state index in [1.165, 1.54) is 35.0 Å². The van der Waals surface area contributed by atoms with Crippen LogP contribution in [0.2, 0.25) is 0 Å². The molecule has 5 nitrogen and oxygen atoms in total.